The molecule has 0 saturated heterocycles. The Morgan fingerprint density at radius 3 is 2.09 bits per heavy atom. The summed E-state index contributed by atoms with van der Waals surface area (Å²) in [5, 5.41) is 22.2. The van der Waals surface area contributed by atoms with Crippen LogP contribution in [-0.2, 0) is 14.8 Å². The topological polar surface area (TPSA) is 121 Å². The van der Waals surface area contributed by atoms with E-state index in [1.165, 1.54) is 24.3 Å². The van der Waals surface area contributed by atoms with Gasteiger partial charge in [0, 0.05) is 21.8 Å². The van der Waals surface area contributed by atoms with Gasteiger partial charge in [0.05, 0.1) is 22.0 Å². The summed E-state index contributed by atoms with van der Waals surface area (Å²) >= 11 is 6.02. The lowest BCUT2D eigenvalue weighted by Gasteiger charge is -2.22. The molecule has 2 N–H and O–H groups in total. The van der Waals surface area contributed by atoms with Gasteiger partial charge in [-0.2, -0.15) is 5.10 Å². The summed E-state index contributed by atoms with van der Waals surface area (Å²) in [7, 11) is -3.82. The smallest absolute Gasteiger partial charge is 0.238 e. The molecule has 4 aromatic rings. The van der Waals surface area contributed by atoms with E-state index in [9.17, 15) is 18.4 Å². The number of hydrogen-bond acceptors (Lipinski definition) is 5. The van der Waals surface area contributed by atoms with Crippen LogP contribution in [0.3, 0.4) is 0 Å². The summed E-state index contributed by atoms with van der Waals surface area (Å²) in [6.45, 7) is 0. The fourth-order valence-electron chi connectivity index (χ4n) is 3.16. The minimum Gasteiger partial charge on any atom is -0.752 e. The molecule has 0 radical (unpaired) electrons. The molecule has 4 rings (SSSR count). The third kappa shape index (κ3) is 4.41. The maximum atomic E-state index is 11.6. The van der Waals surface area contributed by atoms with E-state index < -0.39 is 10.0 Å². The van der Waals surface area contributed by atoms with Crippen LogP contribution >= 0.6 is 11.6 Å². The van der Waals surface area contributed by atoms with Crippen molar-refractivity contribution in [1.29, 1.82) is 0 Å². The quantitative estimate of drug-likeness (QED) is 0.339. The van der Waals surface area contributed by atoms with Gasteiger partial charge in [-0.3, -0.25) is 4.79 Å². The van der Waals surface area contributed by atoms with Crippen LogP contribution in [0.5, 0.6) is 0 Å². The van der Waals surface area contributed by atoms with Crippen molar-refractivity contribution in [2.45, 2.75) is 4.90 Å². The number of nitrogens with two attached hydrogens (primary N) is 1. The van der Waals surface area contributed by atoms with Gasteiger partial charge in [0.15, 0.2) is 0 Å². The van der Waals surface area contributed by atoms with E-state index >= 15 is 0 Å². The number of carbonyl (C=O) groups excluding carboxylic acids is 1. The standard InChI is InChI=1S/C22H16ClN4O4S/c23-17-5-1-16(2-6-17)22-13-21(15-3-7-18(8-4-15)26(29)14-28)25-27(22)19-9-11-20(12-10-19)32(24,30)31/h1-14H,(H2,24,30,31)/q-1. The van der Waals surface area contributed by atoms with Crippen LogP contribution in [0.25, 0.3) is 28.2 Å². The lowest BCUT2D eigenvalue weighted by Crippen LogP contribution is -2.12. The van der Waals surface area contributed by atoms with Gasteiger partial charge >= 0.3 is 0 Å². The number of aromatic nitrogens is 2. The molecule has 1 aromatic heterocycles. The molecule has 0 atom stereocenters. The number of benzene rings is 3. The monoisotopic (exact) mass is 467 g/mol. The van der Waals surface area contributed by atoms with Crippen LogP contribution in [0, 0.1) is 5.21 Å². The van der Waals surface area contributed by atoms with Crippen LogP contribution < -0.4 is 10.2 Å². The summed E-state index contributed by atoms with van der Waals surface area (Å²) in [5.74, 6) is 0. The molecule has 0 aliphatic rings. The van der Waals surface area contributed by atoms with Crippen LogP contribution in [0.15, 0.2) is 83.8 Å². The zero-order chi connectivity index (χ0) is 22.9. The van der Waals surface area contributed by atoms with Crippen molar-refractivity contribution < 1.29 is 13.2 Å². The van der Waals surface area contributed by atoms with Crippen molar-refractivity contribution >= 4 is 33.7 Å². The Labute approximate surface area is 189 Å². The van der Waals surface area contributed by atoms with Crippen molar-refractivity contribution in [1.82, 2.24) is 9.78 Å². The zero-order valence-electron chi connectivity index (χ0n) is 16.4. The second kappa shape index (κ2) is 8.56. The van der Waals surface area contributed by atoms with Crippen LogP contribution in [-0.4, -0.2) is 24.6 Å². The molecule has 1 heterocycles. The highest BCUT2D eigenvalue weighted by Crippen LogP contribution is 2.30. The summed E-state index contributed by atoms with van der Waals surface area (Å²) < 4.78 is 24.8. The van der Waals surface area contributed by atoms with Crippen LogP contribution in [0.1, 0.15) is 0 Å². The fourth-order valence-corrected chi connectivity index (χ4v) is 3.80. The Morgan fingerprint density at radius 1 is 0.938 bits per heavy atom. The van der Waals surface area contributed by atoms with Gasteiger partial charge < -0.3 is 10.3 Å². The number of primary sulfonamides is 1. The predicted octanol–water partition coefficient (Wildman–Crippen LogP) is 3.97. The Kier molecular flexibility index (Phi) is 5.81. The largest absolute Gasteiger partial charge is 0.752 e. The number of carbonyl (C=O) groups is 1. The van der Waals surface area contributed by atoms with Crippen molar-refractivity contribution in [2.75, 3.05) is 5.06 Å². The van der Waals surface area contributed by atoms with E-state index in [2.05, 4.69) is 5.10 Å². The normalized spacial score (nSPS) is 11.3. The first-order chi connectivity index (χ1) is 15.3. The average Bonchev–Trinajstić information content (AvgIpc) is 3.24. The summed E-state index contributed by atoms with van der Waals surface area (Å²) in [6, 6.07) is 21.5. The van der Waals surface area contributed by atoms with Gasteiger partial charge in [0.1, 0.15) is 0 Å². The van der Waals surface area contributed by atoms with Gasteiger partial charge in [-0.25, -0.2) is 18.2 Å². The molecule has 0 fully saturated rings. The van der Waals surface area contributed by atoms with Gasteiger partial charge in [0.2, 0.25) is 16.4 Å². The highest BCUT2D eigenvalue weighted by molar-refractivity contribution is 7.89. The minimum absolute atomic E-state index is 0.00499. The SMILES string of the molecule is NS(=O)(=O)c1ccc(-n2nc(-c3ccc(N([O-])C=O)cc3)cc2-c2ccc(Cl)cc2)cc1. The molecule has 8 nitrogen and oxygen atoms in total. The van der Waals surface area contributed by atoms with Gasteiger partial charge in [0.25, 0.3) is 0 Å². The molecule has 0 aliphatic heterocycles. The number of hydrogen-bond donors (Lipinski definition) is 1. The van der Waals surface area contributed by atoms with Crippen molar-refractivity contribution in [3.8, 4) is 28.2 Å². The molecule has 1 amide bonds. The summed E-state index contributed by atoms with van der Waals surface area (Å²) in [4.78, 5) is 10.7. The highest BCUT2D eigenvalue weighted by atomic mass is 35.5. The maximum Gasteiger partial charge on any atom is 0.238 e. The highest BCUT2D eigenvalue weighted by Gasteiger charge is 2.15. The second-order valence-electron chi connectivity index (χ2n) is 6.85. The lowest BCUT2D eigenvalue weighted by molar-refractivity contribution is -0.106. The molecular formula is C22H16ClN4O4S-. The second-order valence-corrected chi connectivity index (χ2v) is 8.85. The molecule has 32 heavy (non-hydrogen) atoms. The first kappa shape index (κ1) is 21.7. The van der Waals surface area contributed by atoms with Gasteiger partial charge in [-0.15, -0.1) is 0 Å². The molecular weight excluding hydrogens is 452 g/mol. The van der Waals surface area contributed by atoms with Crippen molar-refractivity contribution in [2.24, 2.45) is 5.14 Å². The lowest BCUT2D eigenvalue weighted by atomic mass is 10.1. The number of hydroxylamine groups is 1. The molecule has 162 valence electrons. The molecule has 0 aliphatic carbocycles. The molecule has 0 bridgehead atoms. The van der Waals surface area contributed by atoms with E-state index in [0.717, 1.165) is 16.8 Å². The molecule has 0 unspecified atom stereocenters. The Balaban J connectivity index is 1.82. The van der Waals surface area contributed by atoms with Gasteiger partial charge in [-0.1, -0.05) is 35.9 Å². The molecule has 3 aromatic carbocycles. The van der Waals surface area contributed by atoms with Gasteiger partial charge in [-0.05, 0) is 54.6 Å². The van der Waals surface area contributed by atoms with Crippen LogP contribution in [0.4, 0.5) is 5.69 Å². The zero-order valence-corrected chi connectivity index (χ0v) is 18.0. The minimum atomic E-state index is -3.82. The number of sulfonamides is 1. The summed E-state index contributed by atoms with van der Waals surface area (Å²) in [5.41, 5.74) is 3.75. The third-order valence-electron chi connectivity index (χ3n) is 4.77. The fraction of sp³-hybridized carbons (Fsp3) is 0. The summed E-state index contributed by atoms with van der Waals surface area (Å²) in [6.07, 6.45) is 0.188. The maximum absolute atomic E-state index is 11.6. The third-order valence-corrected chi connectivity index (χ3v) is 5.95. The van der Waals surface area contributed by atoms with E-state index in [-0.39, 0.29) is 22.1 Å². The first-order valence-corrected chi connectivity index (χ1v) is 11.2. The number of nitrogens with zero attached hydrogens (tertiary/aromatic N) is 3. The van der Waals surface area contributed by atoms with E-state index in [4.69, 9.17) is 16.7 Å². The van der Waals surface area contributed by atoms with Crippen LogP contribution in [0.2, 0.25) is 5.02 Å². The number of amides is 1. The number of anilines is 1. The van der Waals surface area contributed by atoms with Crippen molar-refractivity contribution in [3.05, 3.63) is 89.1 Å². The number of halogens is 1. The van der Waals surface area contributed by atoms with E-state index in [1.54, 1.807) is 41.1 Å². The first-order valence-electron chi connectivity index (χ1n) is 9.27. The van der Waals surface area contributed by atoms with Crippen molar-refractivity contribution in [3.63, 3.8) is 0 Å². The molecule has 0 spiro atoms. The molecule has 10 heteroatoms. The Morgan fingerprint density at radius 2 is 1.53 bits per heavy atom. The molecule has 0 saturated carbocycles. The van der Waals surface area contributed by atoms with E-state index in [1.807, 2.05) is 18.2 Å². The Hall–Kier alpha value is -3.50. The predicted molar refractivity (Wildman–Crippen MR) is 123 cm³/mol. The number of rotatable bonds is 6. The van der Waals surface area contributed by atoms with E-state index in [0.29, 0.717) is 16.4 Å². The Bertz CT molecular complexity index is 1370. The average molecular weight is 468 g/mol.